The zero-order chi connectivity index (χ0) is 15.5. The van der Waals surface area contributed by atoms with Crippen LogP contribution in [0.15, 0.2) is 40.9 Å². The lowest BCUT2D eigenvalue weighted by molar-refractivity contribution is 0.0602. The van der Waals surface area contributed by atoms with Crippen LogP contribution in [0.4, 0.5) is 5.69 Å². The number of para-hydroxylation sites is 1. The molecule has 0 fully saturated rings. The molecule has 6 heteroatoms. The van der Waals surface area contributed by atoms with Crippen LogP contribution in [-0.4, -0.2) is 19.9 Å². The molecule has 0 bridgehead atoms. The maximum Gasteiger partial charge on any atom is 0.339 e. The fraction of sp³-hybridized carbons (Fsp3) is 0.188. The molecule has 0 saturated heterocycles. The predicted molar refractivity (Wildman–Crippen MR) is 85.4 cm³/mol. The third kappa shape index (κ3) is 2.87. The van der Waals surface area contributed by atoms with Crippen LogP contribution in [0.3, 0.4) is 0 Å². The molecular formula is C16H14BrNO4. The number of benzene rings is 2. The lowest BCUT2D eigenvalue weighted by Gasteiger charge is -2.12. The SMILES string of the molecule is COC(=O)c1ccccc1NCc1cc2c(cc1Br)OCO2. The molecule has 0 atom stereocenters. The van der Waals surface area contributed by atoms with Gasteiger partial charge in [-0.2, -0.15) is 0 Å². The Labute approximate surface area is 136 Å². The number of rotatable bonds is 4. The lowest BCUT2D eigenvalue weighted by Crippen LogP contribution is -2.08. The van der Waals surface area contributed by atoms with E-state index in [9.17, 15) is 4.79 Å². The predicted octanol–water partition coefficient (Wildman–Crippen LogP) is 3.58. The fourth-order valence-corrected chi connectivity index (χ4v) is 2.67. The third-order valence-electron chi connectivity index (χ3n) is 3.34. The van der Waals surface area contributed by atoms with Crippen LogP contribution in [0.1, 0.15) is 15.9 Å². The van der Waals surface area contributed by atoms with Crippen molar-refractivity contribution in [2.75, 3.05) is 19.2 Å². The summed E-state index contributed by atoms with van der Waals surface area (Å²) in [5.41, 5.74) is 2.23. The first-order chi connectivity index (χ1) is 10.7. The van der Waals surface area contributed by atoms with Crippen LogP contribution in [0.25, 0.3) is 0 Å². The number of hydrogen-bond acceptors (Lipinski definition) is 5. The first-order valence-electron chi connectivity index (χ1n) is 6.68. The molecule has 22 heavy (non-hydrogen) atoms. The summed E-state index contributed by atoms with van der Waals surface area (Å²) in [6, 6.07) is 11.0. The van der Waals surface area contributed by atoms with Gasteiger partial charge >= 0.3 is 5.97 Å². The molecule has 3 rings (SSSR count). The number of ether oxygens (including phenoxy) is 3. The van der Waals surface area contributed by atoms with Gasteiger partial charge in [0.1, 0.15) is 0 Å². The summed E-state index contributed by atoms with van der Waals surface area (Å²) in [6.07, 6.45) is 0. The van der Waals surface area contributed by atoms with Crippen LogP contribution in [0.2, 0.25) is 0 Å². The molecule has 1 N–H and O–H groups in total. The van der Waals surface area contributed by atoms with Gasteiger partial charge in [0, 0.05) is 16.7 Å². The van der Waals surface area contributed by atoms with Gasteiger partial charge in [-0.3, -0.25) is 0 Å². The molecule has 0 radical (unpaired) electrons. The highest BCUT2D eigenvalue weighted by atomic mass is 79.9. The van der Waals surface area contributed by atoms with Gasteiger partial charge in [0.15, 0.2) is 11.5 Å². The minimum absolute atomic E-state index is 0.240. The first-order valence-corrected chi connectivity index (χ1v) is 7.47. The number of nitrogens with one attached hydrogen (secondary N) is 1. The van der Waals surface area contributed by atoms with E-state index in [1.54, 1.807) is 12.1 Å². The largest absolute Gasteiger partial charge is 0.465 e. The molecule has 0 amide bonds. The van der Waals surface area contributed by atoms with E-state index in [2.05, 4.69) is 21.2 Å². The second-order valence-corrected chi connectivity index (χ2v) is 5.54. The van der Waals surface area contributed by atoms with Crippen molar-refractivity contribution in [3.8, 4) is 11.5 Å². The van der Waals surface area contributed by atoms with E-state index in [4.69, 9.17) is 14.2 Å². The monoisotopic (exact) mass is 363 g/mol. The molecule has 2 aromatic carbocycles. The first kappa shape index (κ1) is 14.7. The molecule has 0 aliphatic carbocycles. The van der Waals surface area contributed by atoms with Crippen molar-refractivity contribution in [2.24, 2.45) is 0 Å². The maximum absolute atomic E-state index is 11.8. The zero-order valence-electron chi connectivity index (χ0n) is 11.9. The van der Waals surface area contributed by atoms with Crippen LogP contribution in [-0.2, 0) is 11.3 Å². The molecule has 5 nitrogen and oxygen atoms in total. The van der Waals surface area contributed by atoms with Crippen molar-refractivity contribution in [1.29, 1.82) is 0 Å². The summed E-state index contributed by atoms with van der Waals surface area (Å²) in [5, 5.41) is 3.25. The highest BCUT2D eigenvalue weighted by molar-refractivity contribution is 9.10. The molecular weight excluding hydrogens is 350 g/mol. The second kappa shape index (κ2) is 6.27. The Bertz CT molecular complexity index is 717. The molecule has 114 valence electrons. The molecule has 2 aromatic rings. The molecule has 1 heterocycles. The quantitative estimate of drug-likeness (QED) is 0.841. The Morgan fingerprint density at radius 3 is 2.77 bits per heavy atom. The Morgan fingerprint density at radius 1 is 1.27 bits per heavy atom. The van der Waals surface area contributed by atoms with E-state index in [1.165, 1.54) is 7.11 Å². The van der Waals surface area contributed by atoms with Gasteiger partial charge in [-0.25, -0.2) is 4.79 Å². The van der Waals surface area contributed by atoms with Crippen LogP contribution in [0, 0.1) is 0 Å². The zero-order valence-corrected chi connectivity index (χ0v) is 13.5. The normalized spacial score (nSPS) is 12.1. The summed E-state index contributed by atoms with van der Waals surface area (Å²) in [7, 11) is 1.37. The summed E-state index contributed by atoms with van der Waals surface area (Å²) < 4.78 is 16.4. The molecule has 1 aliphatic rings. The Kier molecular flexibility index (Phi) is 4.20. The topological polar surface area (TPSA) is 56.8 Å². The average molecular weight is 364 g/mol. The molecule has 0 spiro atoms. The molecule has 0 unspecified atom stereocenters. The van der Waals surface area contributed by atoms with Gasteiger partial charge in [-0.1, -0.05) is 28.1 Å². The highest BCUT2D eigenvalue weighted by Gasteiger charge is 2.17. The van der Waals surface area contributed by atoms with Gasteiger partial charge in [0.05, 0.1) is 12.7 Å². The third-order valence-corrected chi connectivity index (χ3v) is 4.08. The van der Waals surface area contributed by atoms with Gasteiger partial charge in [0.2, 0.25) is 6.79 Å². The number of anilines is 1. The molecule has 1 aliphatic heterocycles. The van der Waals surface area contributed by atoms with E-state index in [0.717, 1.165) is 27.2 Å². The Hall–Kier alpha value is -2.21. The van der Waals surface area contributed by atoms with E-state index < -0.39 is 0 Å². The molecule has 0 saturated carbocycles. The maximum atomic E-state index is 11.8. The van der Waals surface area contributed by atoms with Crippen molar-refractivity contribution in [2.45, 2.75) is 6.54 Å². The highest BCUT2D eigenvalue weighted by Crippen LogP contribution is 2.37. The van der Waals surface area contributed by atoms with Crippen molar-refractivity contribution in [3.05, 3.63) is 52.0 Å². The average Bonchev–Trinajstić information content (AvgIpc) is 2.99. The summed E-state index contributed by atoms with van der Waals surface area (Å²) in [5.74, 6) is 1.08. The minimum atomic E-state index is -0.368. The number of esters is 1. The Balaban J connectivity index is 1.80. The van der Waals surface area contributed by atoms with E-state index >= 15 is 0 Å². The number of carbonyl (C=O) groups is 1. The number of fused-ring (bicyclic) bond motifs is 1. The van der Waals surface area contributed by atoms with Crippen LogP contribution in [0.5, 0.6) is 11.5 Å². The Morgan fingerprint density at radius 2 is 2.00 bits per heavy atom. The summed E-state index contributed by atoms with van der Waals surface area (Å²) >= 11 is 3.52. The van der Waals surface area contributed by atoms with Gasteiger partial charge in [-0.05, 0) is 29.8 Å². The van der Waals surface area contributed by atoms with E-state index in [-0.39, 0.29) is 12.8 Å². The van der Waals surface area contributed by atoms with E-state index in [0.29, 0.717) is 12.1 Å². The van der Waals surface area contributed by atoms with Crippen molar-refractivity contribution >= 4 is 27.6 Å². The van der Waals surface area contributed by atoms with Crippen LogP contribution >= 0.6 is 15.9 Å². The number of hydrogen-bond donors (Lipinski definition) is 1. The summed E-state index contributed by atoms with van der Waals surface area (Å²) in [4.78, 5) is 11.8. The van der Waals surface area contributed by atoms with E-state index in [1.807, 2.05) is 24.3 Å². The number of carbonyl (C=O) groups excluding carboxylic acids is 1. The van der Waals surface area contributed by atoms with Gasteiger partial charge in [-0.15, -0.1) is 0 Å². The minimum Gasteiger partial charge on any atom is -0.465 e. The van der Waals surface area contributed by atoms with Gasteiger partial charge in [0.25, 0.3) is 0 Å². The number of methoxy groups -OCH3 is 1. The standard InChI is InChI=1S/C16H14BrNO4/c1-20-16(19)11-4-2-3-5-13(11)18-8-10-6-14-15(7-12(10)17)22-9-21-14/h2-7,18H,8-9H2,1H3. The number of halogens is 1. The van der Waals surface area contributed by atoms with Gasteiger partial charge < -0.3 is 19.5 Å². The molecule has 0 aromatic heterocycles. The smallest absolute Gasteiger partial charge is 0.339 e. The van der Waals surface area contributed by atoms with Crippen LogP contribution < -0.4 is 14.8 Å². The van der Waals surface area contributed by atoms with Crippen molar-refractivity contribution in [3.63, 3.8) is 0 Å². The second-order valence-electron chi connectivity index (χ2n) is 4.69. The van der Waals surface area contributed by atoms with Crippen molar-refractivity contribution in [1.82, 2.24) is 0 Å². The lowest BCUT2D eigenvalue weighted by atomic mass is 10.1. The summed E-state index contributed by atoms with van der Waals surface area (Å²) in [6.45, 7) is 0.773. The van der Waals surface area contributed by atoms with Crippen molar-refractivity contribution < 1.29 is 19.0 Å². The fourth-order valence-electron chi connectivity index (χ4n) is 2.21.